The van der Waals surface area contributed by atoms with Gasteiger partial charge in [0.25, 0.3) is 0 Å². The average Bonchev–Trinajstić information content (AvgIpc) is 3.38. The first kappa shape index (κ1) is 83.3. The topological polar surface area (TPSA) is 124 Å². The molecule has 9 nitrogen and oxygen atoms in total. The van der Waals surface area contributed by atoms with Gasteiger partial charge in [0.05, 0.1) is 54.4 Å². The first-order valence-corrected chi connectivity index (χ1v) is 39.4. The summed E-state index contributed by atoms with van der Waals surface area (Å²) in [6, 6.07) is 0. The Labute approximate surface area is 501 Å². The van der Waals surface area contributed by atoms with Crippen molar-refractivity contribution in [1.29, 1.82) is 0 Å². The molecule has 0 rings (SSSR count). The second-order valence-corrected chi connectivity index (χ2v) is 29.7. The summed E-state index contributed by atoms with van der Waals surface area (Å²) in [4.78, 5) is 0. The van der Waals surface area contributed by atoms with Crippen molar-refractivity contribution in [3.8, 4) is 0 Å². The van der Waals surface area contributed by atoms with E-state index in [-0.39, 0.29) is 0 Å². The van der Waals surface area contributed by atoms with Crippen LogP contribution in [-0.2, 0) is 45.3 Å². The van der Waals surface area contributed by atoms with Crippen LogP contribution in [0.4, 0.5) is 0 Å². The zero-order valence-electron chi connectivity index (χ0n) is 55.0. The quantitative estimate of drug-likeness (QED) is 0.0439. The fourth-order valence-corrected chi connectivity index (χ4v) is 12.9. The molecule has 0 aromatic carbocycles. The molecule has 0 radical (unpaired) electrons. The van der Waals surface area contributed by atoms with Crippen LogP contribution >= 0.6 is 0 Å². The summed E-state index contributed by atoms with van der Waals surface area (Å²) in [6.45, 7) is 14.8. The Kier molecular flexibility index (Phi) is 67.5. The second kappa shape index (κ2) is 64.1. The fraction of sp³-hybridized carbons (Fsp3) is 1.00. The molecule has 0 saturated carbocycles. The first-order valence-electron chi connectivity index (χ1n) is 35.2. The SMILES string of the molecule is CCCCCCCCCCCCCCCC[N+](C)(C)CCCCCCCCCCCCCCCC.CCCCCCCCCCCCCCCC[N+](C)(C)CCCCCCCCCCCCCCCC.[O]=[Cr](=[O])([O-])[O][Cr](=[O])(=[O])[O-]. The Hall–Kier alpha value is 0.0649. The van der Waals surface area contributed by atoms with E-state index in [1.54, 1.807) is 0 Å². The van der Waals surface area contributed by atoms with Crippen LogP contribution in [0.25, 0.3) is 0 Å². The molecule has 0 fully saturated rings. The molecular weight excluding hydrogens is 1060 g/mol. The third kappa shape index (κ3) is 82.3. The van der Waals surface area contributed by atoms with Crippen LogP contribution in [0.3, 0.4) is 0 Å². The maximum absolute atomic E-state index is 9.38. The third-order valence-corrected chi connectivity index (χ3v) is 19.3. The van der Waals surface area contributed by atoms with E-state index in [9.17, 15) is 23.5 Å². The summed E-state index contributed by atoms with van der Waals surface area (Å²) in [5, 5.41) is 0. The molecule has 0 saturated heterocycles. The molecule has 0 unspecified atom stereocenters. The van der Waals surface area contributed by atoms with Gasteiger partial charge >= 0.3 is 53.6 Å². The summed E-state index contributed by atoms with van der Waals surface area (Å²) < 4.78 is 61.4. The van der Waals surface area contributed by atoms with Gasteiger partial charge in [0.2, 0.25) is 0 Å². The van der Waals surface area contributed by atoms with Crippen molar-refractivity contribution in [2.24, 2.45) is 0 Å². The van der Waals surface area contributed by atoms with Crippen molar-refractivity contribution < 1.29 is 62.6 Å². The number of nitrogens with zero attached hydrogens (tertiary/aromatic N) is 2. The minimum atomic E-state index is -6.07. The summed E-state index contributed by atoms with van der Waals surface area (Å²) in [6.07, 6.45) is 81.9. The van der Waals surface area contributed by atoms with Gasteiger partial charge in [0, 0.05) is 0 Å². The van der Waals surface area contributed by atoms with Crippen LogP contribution in [0.5, 0.6) is 0 Å². The molecular formula is C68H144Cr2N2O7. The number of hydrogen-bond donors (Lipinski definition) is 0. The Morgan fingerprint density at radius 2 is 0.316 bits per heavy atom. The molecule has 11 heteroatoms. The van der Waals surface area contributed by atoms with Crippen LogP contribution in [0, 0.1) is 0 Å². The summed E-state index contributed by atoms with van der Waals surface area (Å²) in [5.74, 6) is 0. The first-order chi connectivity index (χ1) is 37.9. The van der Waals surface area contributed by atoms with Crippen LogP contribution in [0.15, 0.2) is 0 Å². The summed E-state index contributed by atoms with van der Waals surface area (Å²) >= 11 is -12.1. The standard InChI is InChI=1S/2C34H72N.2Cr.7O/c2*1-5-7-9-11-13-15-17-19-21-23-25-27-29-31-33-35(3,4)34-32-30-28-26-24-22-20-18-16-14-12-10-8-6-2;;;;;;;;;/h2*5-34H2,1-4H3;;;;;;;;;/q2*+1;;;;;;;;2*-1. The predicted molar refractivity (Wildman–Crippen MR) is 329 cm³/mol. The van der Waals surface area contributed by atoms with Crippen LogP contribution < -0.4 is 8.32 Å². The molecule has 0 N–H and O–H groups in total. The van der Waals surface area contributed by atoms with Gasteiger partial charge in [-0.05, 0) is 51.4 Å². The molecule has 0 spiro atoms. The summed E-state index contributed by atoms with van der Waals surface area (Å²) in [7, 11) is 9.85. The van der Waals surface area contributed by atoms with Crippen molar-refractivity contribution in [3.63, 3.8) is 0 Å². The maximum atomic E-state index is 9.38. The van der Waals surface area contributed by atoms with Gasteiger partial charge in [-0.25, -0.2) is 0 Å². The molecule has 480 valence electrons. The van der Waals surface area contributed by atoms with Crippen molar-refractivity contribution in [1.82, 2.24) is 0 Å². The van der Waals surface area contributed by atoms with Gasteiger partial charge in [-0.2, -0.15) is 0 Å². The van der Waals surface area contributed by atoms with E-state index in [1.807, 2.05) is 0 Å². The molecule has 0 heterocycles. The Morgan fingerprint density at radius 3 is 0.405 bits per heavy atom. The van der Waals surface area contributed by atoms with E-state index in [2.05, 4.69) is 58.7 Å². The van der Waals surface area contributed by atoms with E-state index < -0.39 is 27.2 Å². The zero-order valence-corrected chi connectivity index (χ0v) is 57.5. The Morgan fingerprint density at radius 1 is 0.215 bits per heavy atom. The van der Waals surface area contributed by atoms with Gasteiger partial charge in [0.1, 0.15) is 0 Å². The number of rotatable bonds is 62. The van der Waals surface area contributed by atoms with Gasteiger partial charge in [0.15, 0.2) is 0 Å². The zero-order chi connectivity index (χ0) is 59.1. The van der Waals surface area contributed by atoms with E-state index in [4.69, 9.17) is 0 Å². The van der Waals surface area contributed by atoms with Crippen molar-refractivity contribution in [3.05, 3.63) is 0 Å². The summed E-state index contributed by atoms with van der Waals surface area (Å²) in [5.41, 5.74) is 0. The molecule has 0 amide bonds. The molecule has 0 aromatic heterocycles. The van der Waals surface area contributed by atoms with E-state index >= 15 is 0 Å². The Balaban J connectivity index is -0.00000126. The van der Waals surface area contributed by atoms with Gasteiger partial charge < -0.3 is 8.97 Å². The molecule has 0 bridgehead atoms. The molecule has 0 aromatic rings. The number of quaternary nitrogens is 2. The molecule has 79 heavy (non-hydrogen) atoms. The van der Waals surface area contributed by atoms with Gasteiger partial charge in [-0.3, -0.25) is 0 Å². The molecule has 0 aliphatic carbocycles. The average molecular weight is 1210 g/mol. The van der Waals surface area contributed by atoms with Crippen LogP contribution in [-0.4, -0.2) is 63.3 Å². The molecule has 0 aliphatic heterocycles. The van der Waals surface area contributed by atoms with E-state index in [1.165, 1.54) is 395 Å². The van der Waals surface area contributed by atoms with Crippen molar-refractivity contribution >= 4 is 0 Å². The fourth-order valence-electron chi connectivity index (χ4n) is 11.3. The van der Waals surface area contributed by atoms with Crippen molar-refractivity contribution in [2.75, 3.05) is 54.4 Å². The number of hydrogen-bond acceptors (Lipinski definition) is 7. The van der Waals surface area contributed by atoms with Crippen LogP contribution in [0.1, 0.15) is 387 Å². The van der Waals surface area contributed by atoms with Gasteiger partial charge in [-0.1, -0.05) is 336 Å². The van der Waals surface area contributed by atoms with Gasteiger partial charge in [-0.15, -0.1) is 0 Å². The normalized spacial score (nSPS) is 12.2. The molecule has 0 aliphatic rings. The third-order valence-electron chi connectivity index (χ3n) is 16.6. The predicted octanol–water partition coefficient (Wildman–Crippen LogP) is 21.1. The minimum absolute atomic E-state index is 1.25. The monoisotopic (exact) mass is 1200 g/mol. The van der Waals surface area contributed by atoms with E-state index in [0.29, 0.717) is 0 Å². The molecule has 0 atom stereocenters. The van der Waals surface area contributed by atoms with E-state index in [0.717, 1.165) is 0 Å². The number of unbranched alkanes of at least 4 members (excludes halogenated alkanes) is 52. The van der Waals surface area contributed by atoms with Crippen LogP contribution in [0.2, 0.25) is 0 Å². The second-order valence-electron chi connectivity index (χ2n) is 26.0. The van der Waals surface area contributed by atoms with Crippen molar-refractivity contribution in [2.45, 2.75) is 387 Å². The Bertz CT molecular complexity index is 1210.